The average molecular weight is 425 g/mol. The highest BCUT2D eigenvalue weighted by atomic mass is 32.1. The maximum Gasteiger partial charge on any atom is 0.350 e. The maximum atomic E-state index is 12.9. The largest absolute Gasteiger partial charge is 0.451 e. The summed E-state index contributed by atoms with van der Waals surface area (Å²) in [5.41, 5.74) is 1.12. The zero-order valence-electron chi connectivity index (χ0n) is 17.5. The number of esters is 1. The number of carbonyl (C=O) groups excluding carboxylic acids is 2. The van der Waals surface area contributed by atoms with Crippen molar-refractivity contribution in [3.05, 3.63) is 64.9 Å². The van der Waals surface area contributed by atoms with E-state index in [-0.39, 0.29) is 12.5 Å². The number of hydrogen-bond donors (Lipinski definition) is 0. The van der Waals surface area contributed by atoms with E-state index in [4.69, 9.17) is 4.74 Å². The lowest BCUT2D eigenvalue weighted by atomic mass is 10.0. The molecule has 0 radical (unpaired) electrons. The molecule has 156 valence electrons. The highest BCUT2D eigenvalue weighted by molar-refractivity contribution is 7.16. The second-order valence-electron chi connectivity index (χ2n) is 7.72. The van der Waals surface area contributed by atoms with E-state index in [9.17, 15) is 9.59 Å². The molecule has 0 aliphatic rings. The fourth-order valence-electron chi connectivity index (χ4n) is 2.83. The molecule has 3 rings (SSSR count). The van der Waals surface area contributed by atoms with Gasteiger partial charge in [0.2, 0.25) is 0 Å². The van der Waals surface area contributed by atoms with E-state index in [1.165, 1.54) is 0 Å². The molecule has 1 amide bonds. The summed E-state index contributed by atoms with van der Waals surface area (Å²) in [7, 11) is 0. The molecule has 0 spiro atoms. The molecule has 7 nitrogen and oxygen atoms in total. The monoisotopic (exact) mass is 424 g/mol. The lowest BCUT2D eigenvalue weighted by Gasteiger charge is -2.35. The van der Waals surface area contributed by atoms with E-state index in [0.717, 1.165) is 16.9 Å². The molecule has 30 heavy (non-hydrogen) atoms. The van der Waals surface area contributed by atoms with Crippen molar-refractivity contribution in [2.75, 3.05) is 6.61 Å². The summed E-state index contributed by atoms with van der Waals surface area (Å²) in [5.74, 6) is -0.384. The molecule has 0 aliphatic carbocycles. The third-order valence-electron chi connectivity index (χ3n) is 4.36. The number of carbonyl (C=O) groups is 2. The van der Waals surface area contributed by atoms with Gasteiger partial charge >= 0.3 is 5.97 Å². The summed E-state index contributed by atoms with van der Waals surface area (Å²) >= 11 is 1.15. The lowest BCUT2D eigenvalue weighted by molar-refractivity contribution is -0.140. The number of aryl methyl sites for hydroxylation is 1. The summed E-state index contributed by atoms with van der Waals surface area (Å²) in [5, 5.41) is 0.534. The lowest BCUT2D eigenvalue weighted by Crippen LogP contribution is -2.46. The molecule has 0 bridgehead atoms. The van der Waals surface area contributed by atoms with Crippen molar-refractivity contribution in [3.63, 3.8) is 0 Å². The molecule has 8 heteroatoms. The van der Waals surface area contributed by atoms with Gasteiger partial charge in [0.05, 0.1) is 5.69 Å². The Morgan fingerprint density at radius 2 is 1.73 bits per heavy atom. The normalized spacial score (nSPS) is 11.2. The zero-order valence-corrected chi connectivity index (χ0v) is 18.3. The number of benzene rings is 1. The van der Waals surface area contributed by atoms with Crippen LogP contribution >= 0.6 is 11.3 Å². The molecule has 0 fully saturated rings. The van der Waals surface area contributed by atoms with Crippen LogP contribution in [0.1, 0.15) is 41.7 Å². The predicted molar refractivity (Wildman–Crippen MR) is 115 cm³/mol. The Hall–Kier alpha value is -3.13. The summed E-state index contributed by atoms with van der Waals surface area (Å²) in [6.45, 7) is 7.69. The molecule has 0 atom stereocenters. The van der Waals surface area contributed by atoms with E-state index in [1.54, 1.807) is 30.3 Å². The number of hydrogen-bond acceptors (Lipinski definition) is 7. The third-order valence-corrected chi connectivity index (χ3v) is 5.49. The number of nitrogens with zero attached hydrogens (tertiary/aromatic N) is 4. The first kappa shape index (κ1) is 21.6. The van der Waals surface area contributed by atoms with Gasteiger partial charge in [-0.3, -0.25) is 4.79 Å². The second-order valence-corrected chi connectivity index (χ2v) is 8.72. The van der Waals surface area contributed by atoms with Gasteiger partial charge in [-0.05, 0) is 39.3 Å². The quantitative estimate of drug-likeness (QED) is 0.558. The van der Waals surface area contributed by atoms with Crippen molar-refractivity contribution in [1.29, 1.82) is 0 Å². The molecule has 0 saturated carbocycles. The van der Waals surface area contributed by atoms with Gasteiger partial charge in [-0.25, -0.2) is 19.7 Å². The standard InChI is InChI=1S/C22H24N4O3S/c1-15-18(30-20(25-15)19-23-11-8-12-24-19)21(28)29-14-17(27)26(22(2,3)4)13-16-9-6-5-7-10-16/h5-12H,13-14H2,1-4H3. The van der Waals surface area contributed by atoms with Gasteiger partial charge in [0.25, 0.3) is 5.91 Å². The minimum atomic E-state index is -0.575. The molecule has 0 saturated heterocycles. The summed E-state index contributed by atoms with van der Waals surface area (Å²) in [6, 6.07) is 11.4. The van der Waals surface area contributed by atoms with Gasteiger partial charge in [0.15, 0.2) is 17.4 Å². The Bertz CT molecular complexity index is 1010. The van der Waals surface area contributed by atoms with Gasteiger partial charge in [-0.1, -0.05) is 30.3 Å². The molecular weight excluding hydrogens is 400 g/mol. The molecule has 0 aliphatic heterocycles. The van der Waals surface area contributed by atoms with Crippen LogP contribution in [-0.4, -0.2) is 43.9 Å². The topological polar surface area (TPSA) is 85.3 Å². The first-order valence-corrected chi connectivity index (χ1v) is 10.3. The molecule has 2 heterocycles. The molecular formula is C22H24N4O3S. The summed E-state index contributed by atoms with van der Waals surface area (Å²) < 4.78 is 5.33. The van der Waals surface area contributed by atoms with Gasteiger partial charge in [0, 0.05) is 24.5 Å². The van der Waals surface area contributed by atoms with E-state index < -0.39 is 11.5 Å². The molecule has 0 unspecified atom stereocenters. The second kappa shape index (κ2) is 9.13. The average Bonchev–Trinajstić information content (AvgIpc) is 3.12. The Labute approximate surface area is 179 Å². The number of thiazole rings is 1. The zero-order chi connectivity index (χ0) is 21.7. The van der Waals surface area contributed by atoms with Crippen LogP contribution in [-0.2, 0) is 16.1 Å². The van der Waals surface area contributed by atoms with Crippen LogP contribution in [0, 0.1) is 6.92 Å². The Morgan fingerprint density at radius 1 is 1.07 bits per heavy atom. The minimum Gasteiger partial charge on any atom is -0.451 e. The van der Waals surface area contributed by atoms with E-state index in [1.807, 2.05) is 51.1 Å². The Morgan fingerprint density at radius 3 is 2.37 bits per heavy atom. The molecule has 3 aromatic rings. The van der Waals surface area contributed by atoms with Gasteiger partial charge in [-0.2, -0.15) is 0 Å². The van der Waals surface area contributed by atoms with E-state index >= 15 is 0 Å². The van der Waals surface area contributed by atoms with Crippen LogP contribution in [0.15, 0.2) is 48.8 Å². The van der Waals surface area contributed by atoms with Crippen LogP contribution in [0.3, 0.4) is 0 Å². The smallest absolute Gasteiger partial charge is 0.350 e. The first-order valence-electron chi connectivity index (χ1n) is 9.52. The van der Waals surface area contributed by atoms with Crippen LogP contribution in [0.2, 0.25) is 0 Å². The van der Waals surface area contributed by atoms with Gasteiger partial charge in [-0.15, -0.1) is 11.3 Å². The molecule has 2 aromatic heterocycles. The molecule has 0 N–H and O–H groups in total. The number of ether oxygens (including phenoxy) is 1. The van der Waals surface area contributed by atoms with Crippen LogP contribution in [0.25, 0.3) is 10.8 Å². The predicted octanol–water partition coefficient (Wildman–Crippen LogP) is 3.89. The summed E-state index contributed by atoms with van der Waals surface area (Å²) in [6.07, 6.45) is 3.23. The number of aromatic nitrogens is 3. The maximum absolute atomic E-state index is 12.9. The van der Waals surface area contributed by atoms with Crippen LogP contribution in [0.5, 0.6) is 0 Å². The van der Waals surface area contributed by atoms with Crippen LogP contribution < -0.4 is 0 Å². The highest BCUT2D eigenvalue weighted by Crippen LogP contribution is 2.26. The highest BCUT2D eigenvalue weighted by Gasteiger charge is 2.28. The van der Waals surface area contributed by atoms with Crippen molar-refractivity contribution in [3.8, 4) is 10.8 Å². The Balaban J connectivity index is 1.68. The fourth-order valence-corrected chi connectivity index (χ4v) is 3.74. The number of rotatable bonds is 6. The molecule has 1 aromatic carbocycles. The van der Waals surface area contributed by atoms with E-state index in [0.29, 0.717) is 27.9 Å². The Kier molecular flexibility index (Phi) is 6.56. The van der Waals surface area contributed by atoms with Crippen molar-refractivity contribution in [1.82, 2.24) is 19.9 Å². The SMILES string of the molecule is Cc1nc(-c2ncccn2)sc1C(=O)OCC(=O)N(Cc1ccccc1)C(C)(C)C. The van der Waals surface area contributed by atoms with Gasteiger partial charge < -0.3 is 9.64 Å². The van der Waals surface area contributed by atoms with Crippen LogP contribution in [0.4, 0.5) is 0 Å². The van der Waals surface area contributed by atoms with Crippen molar-refractivity contribution >= 4 is 23.2 Å². The minimum absolute atomic E-state index is 0.256. The summed E-state index contributed by atoms with van der Waals surface area (Å²) in [4.78, 5) is 40.1. The van der Waals surface area contributed by atoms with Gasteiger partial charge in [0.1, 0.15) is 4.88 Å². The van der Waals surface area contributed by atoms with Crippen molar-refractivity contribution in [2.24, 2.45) is 0 Å². The van der Waals surface area contributed by atoms with Crippen molar-refractivity contribution < 1.29 is 14.3 Å². The fraction of sp³-hybridized carbons (Fsp3) is 0.318. The van der Waals surface area contributed by atoms with E-state index in [2.05, 4.69) is 15.0 Å². The number of amides is 1. The third kappa shape index (κ3) is 5.27. The van der Waals surface area contributed by atoms with Crippen molar-refractivity contribution in [2.45, 2.75) is 39.8 Å². The first-order chi connectivity index (χ1) is 14.3.